The average molecular weight is 195 g/mol. The Bertz CT molecular complexity index is 228. The molecule has 0 bridgehead atoms. The molecule has 14 heavy (non-hydrogen) atoms. The number of hydrogen-bond acceptors (Lipinski definition) is 2. The maximum absolute atomic E-state index is 9.87. The zero-order chi connectivity index (χ0) is 10.6. The van der Waals surface area contributed by atoms with Crippen LogP contribution in [-0.2, 0) is 0 Å². The van der Waals surface area contributed by atoms with E-state index in [2.05, 4.69) is 16.7 Å². The minimum Gasteiger partial charge on any atom is -0.378 e. The summed E-state index contributed by atoms with van der Waals surface area (Å²) >= 11 is 0. The summed E-state index contributed by atoms with van der Waals surface area (Å²) < 4.78 is 0. The summed E-state index contributed by atoms with van der Waals surface area (Å²) in [6.45, 7) is 8.91. The van der Waals surface area contributed by atoms with Gasteiger partial charge in [0, 0.05) is 0 Å². The van der Waals surface area contributed by atoms with E-state index in [1.807, 2.05) is 13.8 Å². The van der Waals surface area contributed by atoms with Crippen LogP contribution in [-0.4, -0.2) is 35.2 Å². The summed E-state index contributed by atoms with van der Waals surface area (Å²) in [5, 5.41) is 9.87. The zero-order valence-corrected chi connectivity index (χ0v) is 9.51. The second kappa shape index (κ2) is 4.82. The fourth-order valence-electron chi connectivity index (χ4n) is 1.42. The standard InChI is InChI=1S/C12H21NO/c1-11(2)12(3,14)7-6-10-13-8-4-5-9-13/h11,14H,4-5,8-10H2,1-3H3/t12-/m0/s1. The largest absolute Gasteiger partial charge is 0.378 e. The Labute approximate surface area is 87.3 Å². The Morgan fingerprint density at radius 2 is 1.93 bits per heavy atom. The number of nitrogens with zero attached hydrogens (tertiary/aromatic N) is 1. The van der Waals surface area contributed by atoms with Crippen LogP contribution in [0.25, 0.3) is 0 Å². The van der Waals surface area contributed by atoms with Crippen molar-refractivity contribution >= 4 is 0 Å². The van der Waals surface area contributed by atoms with Crippen LogP contribution in [0.3, 0.4) is 0 Å². The van der Waals surface area contributed by atoms with Crippen molar-refractivity contribution in [1.82, 2.24) is 4.90 Å². The minimum absolute atomic E-state index is 0.188. The lowest BCUT2D eigenvalue weighted by molar-refractivity contribution is 0.0725. The van der Waals surface area contributed by atoms with E-state index in [1.54, 1.807) is 6.92 Å². The van der Waals surface area contributed by atoms with Gasteiger partial charge >= 0.3 is 0 Å². The van der Waals surface area contributed by atoms with Gasteiger partial charge in [0.1, 0.15) is 5.60 Å². The molecule has 2 heteroatoms. The molecule has 1 fully saturated rings. The van der Waals surface area contributed by atoms with Crippen LogP contribution >= 0.6 is 0 Å². The Morgan fingerprint density at radius 3 is 2.43 bits per heavy atom. The van der Waals surface area contributed by atoms with Gasteiger partial charge in [0.25, 0.3) is 0 Å². The second-order valence-electron chi connectivity index (χ2n) is 4.59. The van der Waals surface area contributed by atoms with Crippen LogP contribution in [0.15, 0.2) is 0 Å². The van der Waals surface area contributed by atoms with Crippen molar-refractivity contribution < 1.29 is 5.11 Å². The zero-order valence-electron chi connectivity index (χ0n) is 9.51. The van der Waals surface area contributed by atoms with E-state index < -0.39 is 5.60 Å². The molecule has 1 aliphatic heterocycles. The molecule has 2 nitrogen and oxygen atoms in total. The number of rotatable bonds is 2. The Kier molecular flexibility index (Phi) is 3.97. The monoisotopic (exact) mass is 195 g/mol. The summed E-state index contributed by atoms with van der Waals surface area (Å²) in [7, 11) is 0. The van der Waals surface area contributed by atoms with E-state index in [-0.39, 0.29) is 5.92 Å². The van der Waals surface area contributed by atoms with Gasteiger partial charge in [-0.2, -0.15) is 0 Å². The summed E-state index contributed by atoms with van der Waals surface area (Å²) in [6, 6.07) is 0. The van der Waals surface area contributed by atoms with Crippen LogP contribution in [0.1, 0.15) is 33.6 Å². The highest BCUT2D eigenvalue weighted by Crippen LogP contribution is 2.14. The molecule has 1 atom stereocenters. The highest BCUT2D eigenvalue weighted by molar-refractivity contribution is 5.14. The quantitative estimate of drug-likeness (QED) is 0.675. The predicted octanol–water partition coefficient (Wildman–Crippen LogP) is 1.49. The molecular formula is C12H21NO. The first kappa shape index (κ1) is 11.6. The highest BCUT2D eigenvalue weighted by atomic mass is 16.3. The van der Waals surface area contributed by atoms with Crippen molar-refractivity contribution in [2.75, 3.05) is 19.6 Å². The molecule has 0 spiro atoms. The van der Waals surface area contributed by atoms with Gasteiger partial charge in [-0.05, 0) is 38.8 Å². The second-order valence-corrected chi connectivity index (χ2v) is 4.59. The third-order valence-corrected chi connectivity index (χ3v) is 2.97. The van der Waals surface area contributed by atoms with E-state index in [0.717, 1.165) is 6.54 Å². The van der Waals surface area contributed by atoms with E-state index in [1.165, 1.54) is 25.9 Å². The van der Waals surface area contributed by atoms with Crippen LogP contribution < -0.4 is 0 Å². The SMILES string of the molecule is CC(C)[C@@](C)(O)C#CCN1CCCC1. The molecule has 0 aliphatic carbocycles. The fourth-order valence-corrected chi connectivity index (χ4v) is 1.42. The Morgan fingerprint density at radius 1 is 1.36 bits per heavy atom. The van der Waals surface area contributed by atoms with E-state index >= 15 is 0 Å². The molecule has 1 N–H and O–H groups in total. The summed E-state index contributed by atoms with van der Waals surface area (Å²) in [5.74, 6) is 6.21. The van der Waals surface area contributed by atoms with E-state index in [4.69, 9.17) is 0 Å². The molecule has 80 valence electrons. The van der Waals surface area contributed by atoms with Crippen molar-refractivity contribution in [3.8, 4) is 11.8 Å². The summed E-state index contributed by atoms with van der Waals surface area (Å²) in [5.41, 5.74) is -0.834. The third-order valence-electron chi connectivity index (χ3n) is 2.97. The van der Waals surface area contributed by atoms with Crippen molar-refractivity contribution in [1.29, 1.82) is 0 Å². The highest BCUT2D eigenvalue weighted by Gasteiger charge is 2.21. The lowest BCUT2D eigenvalue weighted by Crippen LogP contribution is -2.29. The van der Waals surface area contributed by atoms with Gasteiger partial charge < -0.3 is 5.11 Å². The molecule has 0 aromatic rings. The van der Waals surface area contributed by atoms with Crippen molar-refractivity contribution in [2.45, 2.75) is 39.2 Å². The summed E-state index contributed by atoms with van der Waals surface area (Å²) in [4.78, 5) is 2.34. The lowest BCUT2D eigenvalue weighted by Gasteiger charge is -2.20. The molecule has 1 rings (SSSR count). The van der Waals surface area contributed by atoms with Crippen LogP contribution in [0.5, 0.6) is 0 Å². The lowest BCUT2D eigenvalue weighted by atomic mass is 9.93. The van der Waals surface area contributed by atoms with Gasteiger partial charge in [0.05, 0.1) is 6.54 Å². The van der Waals surface area contributed by atoms with Crippen LogP contribution in [0, 0.1) is 17.8 Å². The molecule has 0 unspecified atom stereocenters. The molecule has 1 heterocycles. The normalized spacial score (nSPS) is 21.8. The van der Waals surface area contributed by atoms with Gasteiger partial charge in [-0.1, -0.05) is 25.7 Å². The topological polar surface area (TPSA) is 23.5 Å². The first-order valence-electron chi connectivity index (χ1n) is 5.47. The van der Waals surface area contributed by atoms with Gasteiger partial charge in [-0.15, -0.1) is 0 Å². The molecule has 0 saturated carbocycles. The van der Waals surface area contributed by atoms with Crippen molar-refractivity contribution in [3.05, 3.63) is 0 Å². The first-order chi connectivity index (χ1) is 6.52. The van der Waals surface area contributed by atoms with Crippen molar-refractivity contribution in [3.63, 3.8) is 0 Å². The summed E-state index contributed by atoms with van der Waals surface area (Å²) in [6.07, 6.45) is 2.59. The minimum atomic E-state index is -0.834. The molecule has 0 amide bonds. The average Bonchev–Trinajstić information content (AvgIpc) is 2.56. The Balaban J connectivity index is 2.38. The number of hydrogen-bond donors (Lipinski definition) is 1. The van der Waals surface area contributed by atoms with Gasteiger partial charge in [0.15, 0.2) is 0 Å². The van der Waals surface area contributed by atoms with Crippen molar-refractivity contribution in [2.24, 2.45) is 5.92 Å². The predicted molar refractivity (Wildman–Crippen MR) is 58.9 cm³/mol. The van der Waals surface area contributed by atoms with Gasteiger partial charge in [-0.25, -0.2) is 0 Å². The number of likely N-dealkylation sites (tertiary alicyclic amines) is 1. The molecule has 0 radical (unpaired) electrons. The third kappa shape index (κ3) is 3.32. The molecule has 1 saturated heterocycles. The maximum Gasteiger partial charge on any atom is 0.125 e. The number of aliphatic hydroxyl groups is 1. The molecule has 0 aromatic carbocycles. The van der Waals surface area contributed by atoms with Crippen LogP contribution in [0.4, 0.5) is 0 Å². The first-order valence-corrected chi connectivity index (χ1v) is 5.47. The van der Waals surface area contributed by atoms with Gasteiger partial charge in [0.2, 0.25) is 0 Å². The molecule has 0 aromatic heterocycles. The molecular weight excluding hydrogens is 174 g/mol. The Hall–Kier alpha value is -0.520. The van der Waals surface area contributed by atoms with Gasteiger partial charge in [-0.3, -0.25) is 4.90 Å². The fraction of sp³-hybridized carbons (Fsp3) is 0.833. The smallest absolute Gasteiger partial charge is 0.125 e. The maximum atomic E-state index is 9.87. The van der Waals surface area contributed by atoms with E-state index in [0.29, 0.717) is 0 Å². The molecule has 1 aliphatic rings. The van der Waals surface area contributed by atoms with Crippen LogP contribution in [0.2, 0.25) is 0 Å². The van der Waals surface area contributed by atoms with E-state index in [9.17, 15) is 5.11 Å².